The van der Waals surface area contributed by atoms with Crippen molar-refractivity contribution < 1.29 is 14.6 Å². The van der Waals surface area contributed by atoms with E-state index in [1.54, 1.807) is 7.11 Å². The van der Waals surface area contributed by atoms with Gasteiger partial charge in [-0.25, -0.2) is 0 Å². The molecule has 0 aliphatic carbocycles. The zero-order chi connectivity index (χ0) is 22.8. The second-order valence-electron chi connectivity index (χ2n) is 8.96. The Morgan fingerprint density at radius 3 is 2.53 bits per heavy atom. The lowest BCUT2D eigenvalue weighted by Gasteiger charge is -2.27. The summed E-state index contributed by atoms with van der Waals surface area (Å²) in [4.78, 5) is 9.10. The van der Waals surface area contributed by atoms with E-state index < -0.39 is 6.10 Å². The van der Waals surface area contributed by atoms with Crippen LogP contribution in [0.3, 0.4) is 0 Å². The van der Waals surface area contributed by atoms with Crippen molar-refractivity contribution in [2.45, 2.75) is 58.2 Å². The predicted octanol–water partition coefficient (Wildman–Crippen LogP) is 4.04. The van der Waals surface area contributed by atoms with E-state index in [-0.39, 0.29) is 6.61 Å². The maximum Gasteiger partial charge on any atom is 0.161 e. The number of nitrogens with zero attached hydrogens (tertiary/aromatic N) is 3. The fraction of sp³-hybridized carbons (Fsp3) is 0.577. The van der Waals surface area contributed by atoms with E-state index in [1.165, 1.54) is 37.7 Å². The molecule has 1 aromatic carbocycles. The minimum atomic E-state index is -0.516. The van der Waals surface area contributed by atoms with Crippen LogP contribution in [0.1, 0.15) is 48.9 Å². The number of hydrogen-bond donors (Lipinski definition) is 1. The van der Waals surface area contributed by atoms with E-state index in [9.17, 15) is 5.11 Å². The zero-order valence-electron chi connectivity index (χ0n) is 19.9. The lowest BCUT2D eigenvalue weighted by molar-refractivity contribution is 0.0644. The molecule has 0 bridgehead atoms. The molecule has 176 valence electrons. The van der Waals surface area contributed by atoms with Gasteiger partial charge < -0.3 is 19.5 Å². The molecule has 2 heterocycles. The highest BCUT2D eigenvalue weighted by Gasteiger charge is 2.15. The van der Waals surface area contributed by atoms with E-state index in [2.05, 4.69) is 40.9 Å². The van der Waals surface area contributed by atoms with Crippen LogP contribution in [0.5, 0.6) is 11.5 Å². The third-order valence-corrected chi connectivity index (χ3v) is 6.07. The smallest absolute Gasteiger partial charge is 0.161 e. The largest absolute Gasteiger partial charge is 0.493 e. The van der Waals surface area contributed by atoms with Gasteiger partial charge in [0.1, 0.15) is 12.7 Å². The van der Waals surface area contributed by atoms with Crippen molar-refractivity contribution in [2.24, 2.45) is 0 Å². The summed E-state index contributed by atoms with van der Waals surface area (Å²) in [5.41, 5.74) is 3.43. The summed E-state index contributed by atoms with van der Waals surface area (Å²) in [6.07, 6.45) is 7.69. The minimum absolute atomic E-state index is 0.263. The monoisotopic (exact) mass is 441 g/mol. The van der Waals surface area contributed by atoms with Crippen LogP contribution < -0.4 is 9.47 Å². The molecule has 2 aromatic rings. The Morgan fingerprint density at radius 1 is 1.06 bits per heavy atom. The van der Waals surface area contributed by atoms with Crippen LogP contribution in [-0.2, 0) is 13.1 Å². The maximum atomic E-state index is 10.6. The number of likely N-dealkylation sites (tertiary alicyclic amines) is 1. The highest BCUT2D eigenvalue weighted by Crippen LogP contribution is 2.29. The van der Waals surface area contributed by atoms with Crippen LogP contribution in [0.4, 0.5) is 0 Å². The summed E-state index contributed by atoms with van der Waals surface area (Å²) in [6.45, 7) is 6.70. The van der Waals surface area contributed by atoms with E-state index in [0.29, 0.717) is 18.0 Å². The van der Waals surface area contributed by atoms with Gasteiger partial charge in [-0.1, -0.05) is 31.4 Å². The van der Waals surface area contributed by atoms with Gasteiger partial charge in [-0.05, 0) is 69.2 Å². The number of pyridine rings is 1. The topological polar surface area (TPSA) is 58.1 Å². The Hall–Kier alpha value is -2.15. The first-order valence-corrected chi connectivity index (χ1v) is 11.8. The highest BCUT2D eigenvalue weighted by molar-refractivity contribution is 5.43. The molecule has 0 radical (unpaired) electrons. The quantitative estimate of drug-likeness (QED) is 0.601. The van der Waals surface area contributed by atoms with Crippen LogP contribution in [0.15, 0.2) is 36.5 Å². The molecular weight excluding hydrogens is 402 g/mol. The molecule has 1 aliphatic rings. The number of ether oxygens (including phenoxy) is 2. The van der Waals surface area contributed by atoms with Crippen LogP contribution in [0.2, 0.25) is 0 Å². The third-order valence-electron chi connectivity index (χ3n) is 6.07. The van der Waals surface area contributed by atoms with E-state index >= 15 is 0 Å². The van der Waals surface area contributed by atoms with Gasteiger partial charge >= 0.3 is 0 Å². The molecule has 0 amide bonds. The van der Waals surface area contributed by atoms with Crippen LogP contribution in [0.25, 0.3) is 0 Å². The second-order valence-corrected chi connectivity index (χ2v) is 8.96. The highest BCUT2D eigenvalue weighted by atomic mass is 16.5. The number of methoxy groups -OCH3 is 1. The summed E-state index contributed by atoms with van der Waals surface area (Å²) in [6, 6.07) is 10.1. The van der Waals surface area contributed by atoms with Crippen molar-refractivity contribution in [3.63, 3.8) is 0 Å². The summed E-state index contributed by atoms with van der Waals surface area (Å²) in [5, 5.41) is 10.6. The molecule has 6 nitrogen and oxygen atoms in total. The van der Waals surface area contributed by atoms with Gasteiger partial charge in [-0.3, -0.25) is 9.88 Å². The lowest BCUT2D eigenvalue weighted by Crippen LogP contribution is -2.37. The van der Waals surface area contributed by atoms with Crippen molar-refractivity contribution >= 4 is 0 Å². The Kier molecular flexibility index (Phi) is 9.78. The summed E-state index contributed by atoms with van der Waals surface area (Å²) in [5.74, 6) is 1.37. The second kappa shape index (κ2) is 12.8. The zero-order valence-corrected chi connectivity index (χ0v) is 19.9. The van der Waals surface area contributed by atoms with Crippen molar-refractivity contribution in [3.8, 4) is 11.5 Å². The van der Waals surface area contributed by atoms with Gasteiger partial charge in [-0.2, -0.15) is 0 Å². The Morgan fingerprint density at radius 2 is 1.81 bits per heavy atom. The number of aryl methyl sites for hydroxylation is 1. The first kappa shape index (κ1) is 24.5. The molecular formula is C26H39N3O3. The number of aromatic nitrogens is 1. The maximum absolute atomic E-state index is 10.6. The van der Waals surface area contributed by atoms with Gasteiger partial charge in [0.15, 0.2) is 11.5 Å². The number of aliphatic hydroxyl groups is 1. The molecule has 1 atom stereocenters. The van der Waals surface area contributed by atoms with Gasteiger partial charge in [0.05, 0.1) is 12.8 Å². The number of rotatable bonds is 10. The summed E-state index contributed by atoms with van der Waals surface area (Å²) in [7, 11) is 3.74. The molecule has 0 saturated carbocycles. The van der Waals surface area contributed by atoms with Crippen LogP contribution in [0, 0.1) is 6.92 Å². The summed E-state index contributed by atoms with van der Waals surface area (Å²) >= 11 is 0. The average molecular weight is 442 g/mol. The molecule has 1 N–H and O–H groups in total. The third kappa shape index (κ3) is 7.76. The van der Waals surface area contributed by atoms with E-state index in [4.69, 9.17) is 9.47 Å². The molecule has 3 rings (SSSR count). The van der Waals surface area contributed by atoms with Crippen molar-refractivity contribution in [3.05, 3.63) is 53.3 Å². The summed E-state index contributed by atoms with van der Waals surface area (Å²) < 4.78 is 11.5. The van der Waals surface area contributed by atoms with Crippen LogP contribution in [-0.4, -0.2) is 66.4 Å². The average Bonchev–Trinajstić information content (AvgIpc) is 2.76. The Labute approximate surface area is 193 Å². The molecule has 1 fully saturated rings. The fourth-order valence-corrected chi connectivity index (χ4v) is 4.27. The normalized spacial score (nSPS) is 16.4. The molecule has 1 aliphatic heterocycles. The fourth-order valence-electron chi connectivity index (χ4n) is 4.27. The minimum Gasteiger partial charge on any atom is -0.493 e. The van der Waals surface area contributed by atoms with Gasteiger partial charge in [-0.15, -0.1) is 0 Å². The number of β-amino-alcohol motifs (C(OH)–C–C–N with tert-alkyl or cyclic N) is 1. The number of benzene rings is 1. The molecule has 6 heteroatoms. The predicted molar refractivity (Wildman–Crippen MR) is 128 cm³/mol. The first-order chi connectivity index (χ1) is 15.5. The SMILES string of the molecule is COc1ccc(CN(C)Cc2ncccc2C)cc1OC[C@@H](O)CN1CCCCCCC1. The lowest BCUT2D eigenvalue weighted by atomic mass is 10.1. The van der Waals surface area contributed by atoms with Crippen molar-refractivity contribution in [1.29, 1.82) is 0 Å². The van der Waals surface area contributed by atoms with Gasteiger partial charge in [0.2, 0.25) is 0 Å². The Bertz CT molecular complexity index is 822. The molecule has 0 unspecified atom stereocenters. The first-order valence-electron chi connectivity index (χ1n) is 11.8. The molecule has 32 heavy (non-hydrogen) atoms. The Balaban J connectivity index is 1.55. The van der Waals surface area contributed by atoms with Gasteiger partial charge in [0.25, 0.3) is 0 Å². The molecule has 1 saturated heterocycles. The number of aliphatic hydroxyl groups excluding tert-OH is 1. The van der Waals surface area contributed by atoms with Gasteiger partial charge in [0, 0.05) is 25.8 Å². The molecule has 1 aromatic heterocycles. The van der Waals surface area contributed by atoms with E-state index in [0.717, 1.165) is 37.4 Å². The van der Waals surface area contributed by atoms with Crippen molar-refractivity contribution in [1.82, 2.24) is 14.8 Å². The standard InChI is InChI=1S/C26H39N3O3/c1-21-10-9-13-27-24(21)19-28(2)17-22-11-12-25(31-3)26(16-22)32-20-23(30)18-29-14-7-5-4-6-8-15-29/h9-13,16,23,30H,4-8,14-15,17-20H2,1-3H3/t23-/m0/s1. The molecule has 0 spiro atoms. The number of hydrogen-bond acceptors (Lipinski definition) is 6. The van der Waals surface area contributed by atoms with E-state index in [1.807, 2.05) is 24.4 Å². The van der Waals surface area contributed by atoms with Crippen molar-refractivity contribution in [2.75, 3.05) is 40.4 Å². The van der Waals surface area contributed by atoms with Crippen LogP contribution >= 0.6 is 0 Å².